The van der Waals surface area contributed by atoms with Crippen molar-refractivity contribution >= 4 is 5.97 Å². The molecule has 3 nitrogen and oxygen atoms in total. The second-order valence-corrected chi connectivity index (χ2v) is 11.2. The van der Waals surface area contributed by atoms with E-state index in [1.54, 1.807) is 12.1 Å². The number of halogens is 2. The van der Waals surface area contributed by atoms with Crippen LogP contribution in [-0.4, -0.2) is 12.6 Å². The molecule has 3 aromatic rings. The Morgan fingerprint density at radius 2 is 1.26 bits per heavy atom. The molecule has 0 aliphatic heterocycles. The highest BCUT2D eigenvalue weighted by molar-refractivity contribution is 5.95. The SMILES string of the molecule is CCCCCCCCCCc1ccc(-c2c(-c3ccccc3)ccc(C(=O)OOCCCCCCCC)c2F)c(F)c1. The maximum Gasteiger partial charge on any atom is 0.376 e. The van der Waals surface area contributed by atoms with E-state index >= 15 is 8.78 Å². The van der Waals surface area contributed by atoms with Crippen molar-refractivity contribution in [3.8, 4) is 22.3 Å². The monoisotopic (exact) mass is 578 g/mol. The van der Waals surface area contributed by atoms with E-state index in [-0.39, 0.29) is 23.3 Å². The molecule has 0 saturated carbocycles. The number of benzene rings is 3. The van der Waals surface area contributed by atoms with Crippen molar-refractivity contribution in [1.29, 1.82) is 0 Å². The third-order valence-electron chi connectivity index (χ3n) is 7.78. The summed E-state index contributed by atoms with van der Waals surface area (Å²) < 4.78 is 31.6. The first kappa shape index (κ1) is 33.5. The molecule has 0 N–H and O–H groups in total. The summed E-state index contributed by atoms with van der Waals surface area (Å²) in [5.41, 5.74) is 2.01. The molecule has 5 heteroatoms. The maximum atomic E-state index is 16.1. The van der Waals surface area contributed by atoms with Gasteiger partial charge in [0, 0.05) is 11.1 Å². The van der Waals surface area contributed by atoms with Crippen LogP contribution in [0, 0.1) is 11.6 Å². The molecule has 0 amide bonds. The molecule has 0 heterocycles. The third-order valence-corrected chi connectivity index (χ3v) is 7.78. The number of carbonyl (C=O) groups excluding carboxylic acids is 1. The van der Waals surface area contributed by atoms with Crippen LogP contribution in [-0.2, 0) is 16.2 Å². The highest BCUT2D eigenvalue weighted by Crippen LogP contribution is 2.37. The molecular formula is C37H48F2O3. The molecule has 42 heavy (non-hydrogen) atoms. The summed E-state index contributed by atoms with van der Waals surface area (Å²) >= 11 is 0. The fraction of sp³-hybridized carbons (Fsp3) is 0.486. The summed E-state index contributed by atoms with van der Waals surface area (Å²) in [6.07, 6.45) is 16.9. The van der Waals surface area contributed by atoms with Crippen LogP contribution in [0.4, 0.5) is 8.78 Å². The summed E-state index contributed by atoms with van der Waals surface area (Å²) in [6.45, 7) is 4.64. The molecule has 3 rings (SSSR count). The van der Waals surface area contributed by atoms with Gasteiger partial charge in [0.1, 0.15) is 11.6 Å². The quantitative estimate of drug-likeness (QED) is 0.0760. The molecule has 0 radical (unpaired) electrons. The summed E-state index contributed by atoms with van der Waals surface area (Å²) in [7, 11) is 0. The first-order chi connectivity index (χ1) is 20.6. The van der Waals surface area contributed by atoms with Crippen LogP contribution >= 0.6 is 0 Å². The Kier molecular flexibility index (Phi) is 15.3. The van der Waals surface area contributed by atoms with E-state index in [0.29, 0.717) is 5.56 Å². The number of hydrogen-bond acceptors (Lipinski definition) is 3. The van der Waals surface area contributed by atoms with Gasteiger partial charge in [0.15, 0.2) is 0 Å². The molecule has 0 aromatic heterocycles. The summed E-state index contributed by atoms with van der Waals surface area (Å²) in [5.74, 6) is -2.25. The lowest BCUT2D eigenvalue weighted by molar-refractivity contribution is -0.241. The van der Waals surface area contributed by atoms with E-state index in [1.165, 1.54) is 69.9 Å². The summed E-state index contributed by atoms with van der Waals surface area (Å²) in [5, 5.41) is 0. The Balaban J connectivity index is 1.71. The lowest BCUT2D eigenvalue weighted by Gasteiger charge is -2.15. The van der Waals surface area contributed by atoms with Crippen LogP contribution in [0.5, 0.6) is 0 Å². The fourth-order valence-electron chi connectivity index (χ4n) is 5.32. The van der Waals surface area contributed by atoms with Crippen molar-refractivity contribution in [1.82, 2.24) is 0 Å². The molecule has 0 spiro atoms. The molecule has 0 aliphatic rings. The topological polar surface area (TPSA) is 35.5 Å². The van der Waals surface area contributed by atoms with E-state index in [9.17, 15) is 4.79 Å². The van der Waals surface area contributed by atoms with Gasteiger partial charge >= 0.3 is 5.97 Å². The lowest BCUT2D eigenvalue weighted by atomic mass is 9.91. The van der Waals surface area contributed by atoms with Gasteiger partial charge in [0.2, 0.25) is 0 Å². The van der Waals surface area contributed by atoms with Crippen molar-refractivity contribution < 1.29 is 23.4 Å². The van der Waals surface area contributed by atoms with Crippen LogP contribution in [0.25, 0.3) is 22.3 Å². The maximum absolute atomic E-state index is 16.1. The Hall–Kier alpha value is -3.05. The van der Waals surface area contributed by atoms with Crippen molar-refractivity contribution in [3.05, 3.63) is 83.4 Å². The first-order valence-electron chi connectivity index (χ1n) is 16.1. The standard InChI is InChI=1S/C37H48F2O3/c1-3-5-7-9-11-12-13-16-20-29-23-24-32(34(38)28-29)35-31(30-21-17-15-18-22-30)25-26-33(36(35)39)37(40)42-41-27-19-14-10-8-6-4-2/h15,17-18,21-26,28H,3-14,16,19-20,27H2,1-2H3. The van der Waals surface area contributed by atoms with Gasteiger partial charge in [-0.25, -0.2) is 13.6 Å². The highest BCUT2D eigenvalue weighted by atomic mass is 19.1. The smallest absolute Gasteiger partial charge is 0.293 e. The molecular weight excluding hydrogens is 530 g/mol. The van der Waals surface area contributed by atoms with Gasteiger partial charge in [0.25, 0.3) is 0 Å². The summed E-state index contributed by atoms with van der Waals surface area (Å²) in [6, 6.07) is 17.3. The zero-order chi connectivity index (χ0) is 30.0. The lowest BCUT2D eigenvalue weighted by Crippen LogP contribution is -2.10. The average molecular weight is 579 g/mol. The molecule has 3 aromatic carbocycles. The van der Waals surface area contributed by atoms with E-state index in [1.807, 2.05) is 36.4 Å². The first-order valence-corrected chi connectivity index (χ1v) is 16.1. The molecule has 0 bridgehead atoms. The Labute approximate surface area is 251 Å². The van der Waals surface area contributed by atoms with Crippen LogP contribution in [0.2, 0.25) is 0 Å². The fourth-order valence-corrected chi connectivity index (χ4v) is 5.32. The minimum Gasteiger partial charge on any atom is -0.293 e. The van der Waals surface area contributed by atoms with Crippen molar-refractivity contribution in [2.45, 2.75) is 110 Å². The van der Waals surface area contributed by atoms with Crippen molar-refractivity contribution in [2.75, 3.05) is 6.61 Å². The number of rotatable bonds is 20. The van der Waals surface area contributed by atoms with E-state index in [4.69, 9.17) is 9.78 Å². The predicted octanol–water partition coefficient (Wildman–Crippen LogP) is 11.4. The van der Waals surface area contributed by atoms with Crippen LogP contribution in [0.1, 0.15) is 120 Å². The van der Waals surface area contributed by atoms with Gasteiger partial charge < -0.3 is 0 Å². The molecule has 0 unspecified atom stereocenters. The third kappa shape index (κ3) is 10.7. The molecule has 0 aliphatic carbocycles. The van der Waals surface area contributed by atoms with Gasteiger partial charge in [-0.3, -0.25) is 4.89 Å². The number of unbranched alkanes of at least 4 members (excludes halogenated alkanes) is 12. The minimum absolute atomic E-state index is 0.0442. The van der Waals surface area contributed by atoms with Gasteiger partial charge in [-0.15, -0.1) is 0 Å². The molecule has 228 valence electrons. The van der Waals surface area contributed by atoms with Gasteiger partial charge in [-0.05, 0) is 48.1 Å². The Bertz CT molecular complexity index is 1210. The summed E-state index contributed by atoms with van der Waals surface area (Å²) in [4.78, 5) is 22.8. The minimum atomic E-state index is -0.925. The highest BCUT2D eigenvalue weighted by Gasteiger charge is 2.24. The second kappa shape index (κ2) is 19.2. The molecule has 0 atom stereocenters. The van der Waals surface area contributed by atoms with Crippen molar-refractivity contribution in [2.24, 2.45) is 0 Å². The normalized spacial score (nSPS) is 11.1. The molecule has 0 fully saturated rings. The van der Waals surface area contributed by atoms with Crippen molar-refractivity contribution in [3.63, 3.8) is 0 Å². The zero-order valence-corrected chi connectivity index (χ0v) is 25.6. The number of carbonyl (C=O) groups is 1. The average Bonchev–Trinajstić information content (AvgIpc) is 3.00. The zero-order valence-electron chi connectivity index (χ0n) is 25.6. The number of hydrogen-bond donors (Lipinski definition) is 0. The van der Waals surface area contributed by atoms with Crippen LogP contribution < -0.4 is 0 Å². The number of aryl methyl sites for hydroxylation is 1. The van der Waals surface area contributed by atoms with Crippen LogP contribution in [0.15, 0.2) is 60.7 Å². The van der Waals surface area contributed by atoms with E-state index < -0.39 is 17.6 Å². The Morgan fingerprint density at radius 3 is 1.90 bits per heavy atom. The van der Waals surface area contributed by atoms with E-state index in [0.717, 1.165) is 49.7 Å². The predicted molar refractivity (Wildman–Crippen MR) is 168 cm³/mol. The second-order valence-electron chi connectivity index (χ2n) is 11.2. The van der Waals surface area contributed by atoms with Crippen LogP contribution in [0.3, 0.4) is 0 Å². The Morgan fingerprint density at radius 1 is 0.667 bits per heavy atom. The van der Waals surface area contributed by atoms with Gasteiger partial charge in [-0.2, -0.15) is 4.89 Å². The van der Waals surface area contributed by atoms with Gasteiger partial charge in [-0.1, -0.05) is 139 Å². The van der Waals surface area contributed by atoms with E-state index in [2.05, 4.69) is 13.8 Å². The van der Waals surface area contributed by atoms with Gasteiger partial charge in [0.05, 0.1) is 12.2 Å². The molecule has 0 saturated heterocycles. The largest absolute Gasteiger partial charge is 0.376 e.